The number of aliphatic hydroxyl groups is 1. The molecule has 112 valence electrons. The largest absolute Gasteiger partial charge is 0.495 e. The van der Waals surface area contributed by atoms with Gasteiger partial charge < -0.3 is 19.9 Å². The Morgan fingerprint density at radius 1 is 1.19 bits per heavy atom. The molecule has 21 heavy (non-hydrogen) atoms. The van der Waals surface area contributed by atoms with Crippen molar-refractivity contribution < 1.29 is 14.6 Å². The molecule has 1 atom stereocenters. The average molecular weight is 352 g/mol. The predicted molar refractivity (Wildman–Crippen MR) is 87.1 cm³/mol. The van der Waals surface area contributed by atoms with Crippen LogP contribution in [0.25, 0.3) is 0 Å². The molecule has 2 N–H and O–H groups in total. The molecule has 2 aromatic rings. The molecule has 2 rings (SSSR count). The van der Waals surface area contributed by atoms with Crippen molar-refractivity contribution in [2.24, 2.45) is 0 Å². The van der Waals surface area contributed by atoms with E-state index in [1.807, 2.05) is 48.5 Å². The highest BCUT2D eigenvalue weighted by molar-refractivity contribution is 9.10. The van der Waals surface area contributed by atoms with Gasteiger partial charge in [-0.25, -0.2) is 0 Å². The first-order valence-electron chi connectivity index (χ1n) is 6.62. The summed E-state index contributed by atoms with van der Waals surface area (Å²) in [5, 5.41) is 13.1. The van der Waals surface area contributed by atoms with Crippen molar-refractivity contribution in [3.05, 3.63) is 53.0 Å². The molecule has 0 aliphatic carbocycles. The van der Waals surface area contributed by atoms with Crippen LogP contribution in [-0.2, 0) is 0 Å². The number of aliphatic hydroxyl groups excluding tert-OH is 1. The van der Waals surface area contributed by atoms with Gasteiger partial charge >= 0.3 is 0 Å². The van der Waals surface area contributed by atoms with Gasteiger partial charge in [0.25, 0.3) is 0 Å². The van der Waals surface area contributed by atoms with Gasteiger partial charge in [-0.1, -0.05) is 18.2 Å². The van der Waals surface area contributed by atoms with E-state index >= 15 is 0 Å². The van der Waals surface area contributed by atoms with Crippen LogP contribution in [0.4, 0.5) is 5.69 Å². The first-order valence-corrected chi connectivity index (χ1v) is 7.41. The topological polar surface area (TPSA) is 50.7 Å². The molecule has 0 bridgehead atoms. The monoisotopic (exact) mass is 351 g/mol. The van der Waals surface area contributed by atoms with E-state index in [9.17, 15) is 5.11 Å². The zero-order valence-corrected chi connectivity index (χ0v) is 13.3. The van der Waals surface area contributed by atoms with Gasteiger partial charge in [0.05, 0.1) is 11.6 Å². The molecule has 0 saturated heterocycles. The SMILES string of the molecule is COc1cc(NCC(O)COc2ccccc2)ccc1Br. The molecule has 0 radical (unpaired) electrons. The maximum Gasteiger partial charge on any atom is 0.135 e. The van der Waals surface area contributed by atoms with Crippen molar-refractivity contribution in [2.45, 2.75) is 6.10 Å². The van der Waals surface area contributed by atoms with E-state index in [1.54, 1.807) is 7.11 Å². The van der Waals surface area contributed by atoms with Crippen molar-refractivity contribution >= 4 is 21.6 Å². The van der Waals surface area contributed by atoms with Gasteiger partial charge in [-0.05, 0) is 40.2 Å². The van der Waals surface area contributed by atoms with E-state index < -0.39 is 6.10 Å². The van der Waals surface area contributed by atoms with Crippen molar-refractivity contribution in [1.29, 1.82) is 0 Å². The fourth-order valence-corrected chi connectivity index (χ4v) is 2.18. The zero-order valence-electron chi connectivity index (χ0n) is 11.8. The van der Waals surface area contributed by atoms with E-state index in [0.29, 0.717) is 6.54 Å². The smallest absolute Gasteiger partial charge is 0.135 e. The Kier molecular flexibility index (Phi) is 5.90. The lowest BCUT2D eigenvalue weighted by Gasteiger charge is -2.14. The third-order valence-corrected chi connectivity index (χ3v) is 3.53. The van der Waals surface area contributed by atoms with E-state index in [0.717, 1.165) is 21.7 Å². The Bertz CT molecular complexity index is 563. The number of hydrogen-bond donors (Lipinski definition) is 2. The fourth-order valence-electron chi connectivity index (χ4n) is 1.77. The third kappa shape index (κ3) is 4.95. The summed E-state index contributed by atoms with van der Waals surface area (Å²) in [6, 6.07) is 15.1. The summed E-state index contributed by atoms with van der Waals surface area (Å²) in [5.74, 6) is 1.50. The minimum Gasteiger partial charge on any atom is -0.495 e. The molecule has 0 aromatic heterocycles. The van der Waals surface area contributed by atoms with Crippen molar-refractivity contribution in [3.8, 4) is 11.5 Å². The molecular weight excluding hydrogens is 334 g/mol. The second-order valence-corrected chi connectivity index (χ2v) is 5.36. The van der Waals surface area contributed by atoms with Gasteiger partial charge in [0.15, 0.2) is 0 Å². The van der Waals surface area contributed by atoms with Crippen LogP contribution >= 0.6 is 15.9 Å². The normalized spacial score (nSPS) is 11.8. The number of anilines is 1. The number of ether oxygens (including phenoxy) is 2. The quantitative estimate of drug-likeness (QED) is 0.803. The minimum absolute atomic E-state index is 0.241. The zero-order chi connectivity index (χ0) is 15.1. The molecular formula is C16H18BrNO3. The van der Waals surface area contributed by atoms with Gasteiger partial charge in [-0.3, -0.25) is 0 Å². The van der Waals surface area contributed by atoms with Crippen LogP contribution in [0.15, 0.2) is 53.0 Å². The van der Waals surface area contributed by atoms with E-state index in [4.69, 9.17) is 9.47 Å². The molecule has 4 nitrogen and oxygen atoms in total. The van der Waals surface area contributed by atoms with Gasteiger partial charge in [0.1, 0.15) is 24.2 Å². The number of rotatable bonds is 7. The van der Waals surface area contributed by atoms with Gasteiger partial charge in [-0.2, -0.15) is 0 Å². The van der Waals surface area contributed by atoms with Gasteiger partial charge in [-0.15, -0.1) is 0 Å². The molecule has 5 heteroatoms. The van der Waals surface area contributed by atoms with Crippen LogP contribution in [-0.4, -0.2) is 31.5 Å². The molecule has 0 amide bonds. The van der Waals surface area contributed by atoms with Crippen molar-refractivity contribution in [2.75, 3.05) is 25.6 Å². The lowest BCUT2D eigenvalue weighted by molar-refractivity contribution is 0.117. The number of halogens is 1. The molecule has 0 aliphatic heterocycles. The number of nitrogens with one attached hydrogen (secondary N) is 1. The molecule has 0 fully saturated rings. The maximum absolute atomic E-state index is 9.92. The van der Waals surface area contributed by atoms with Crippen LogP contribution < -0.4 is 14.8 Å². The Labute approximate surface area is 132 Å². The van der Waals surface area contributed by atoms with E-state index in [2.05, 4.69) is 21.2 Å². The van der Waals surface area contributed by atoms with Crippen LogP contribution in [0.3, 0.4) is 0 Å². The fraction of sp³-hybridized carbons (Fsp3) is 0.250. The number of methoxy groups -OCH3 is 1. The highest BCUT2D eigenvalue weighted by atomic mass is 79.9. The van der Waals surface area contributed by atoms with Crippen molar-refractivity contribution in [1.82, 2.24) is 0 Å². The first kappa shape index (κ1) is 15.7. The second-order valence-electron chi connectivity index (χ2n) is 4.51. The predicted octanol–water partition coefficient (Wildman–Crippen LogP) is 3.31. The van der Waals surface area contributed by atoms with E-state index in [-0.39, 0.29) is 6.61 Å². The Hall–Kier alpha value is -1.72. The van der Waals surface area contributed by atoms with Crippen LogP contribution in [0.2, 0.25) is 0 Å². The maximum atomic E-state index is 9.92. The third-order valence-electron chi connectivity index (χ3n) is 2.88. The summed E-state index contributed by atoms with van der Waals surface area (Å²) >= 11 is 3.40. The highest BCUT2D eigenvalue weighted by Gasteiger charge is 2.06. The molecule has 0 spiro atoms. The summed E-state index contributed by atoms with van der Waals surface area (Å²) in [6.07, 6.45) is -0.597. The Morgan fingerprint density at radius 2 is 1.95 bits per heavy atom. The molecule has 0 aliphatic rings. The van der Waals surface area contributed by atoms with Crippen LogP contribution in [0.5, 0.6) is 11.5 Å². The van der Waals surface area contributed by atoms with Crippen molar-refractivity contribution in [3.63, 3.8) is 0 Å². The van der Waals surface area contributed by atoms with Crippen LogP contribution in [0.1, 0.15) is 0 Å². The number of para-hydroxylation sites is 1. The standard InChI is InChI=1S/C16H18BrNO3/c1-20-16-9-12(7-8-15(16)17)18-10-13(19)11-21-14-5-3-2-4-6-14/h2-9,13,18-19H,10-11H2,1H3. The molecule has 1 unspecified atom stereocenters. The minimum atomic E-state index is -0.597. The summed E-state index contributed by atoms with van der Waals surface area (Å²) in [6.45, 7) is 0.641. The Balaban J connectivity index is 1.79. The molecule has 0 heterocycles. The average Bonchev–Trinajstić information content (AvgIpc) is 2.53. The summed E-state index contributed by atoms with van der Waals surface area (Å²) in [7, 11) is 1.62. The van der Waals surface area contributed by atoms with Crippen LogP contribution in [0, 0.1) is 0 Å². The molecule has 2 aromatic carbocycles. The number of benzene rings is 2. The lowest BCUT2D eigenvalue weighted by atomic mass is 10.3. The van der Waals surface area contributed by atoms with Gasteiger partial charge in [0, 0.05) is 18.3 Å². The Morgan fingerprint density at radius 3 is 2.67 bits per heavy atom. The highest BCUT2D eigenvalue weighted by Crippen LogP contribution is 2.27. The summed E-state index contributed by atoms with van der Waals surface area (Å²) in [5.41, 5.74) is 0.883. The number of hydrogen-bond acceptors (Lipinski definition) is 4. The molecule has 0 saturated carbocycles. The lowest BCUT2D eigenvalue weighted by Crippen LogP contribution is -2.26. The van der Waals surface area contributed by atoms with E-state index in [1.165, 1.54) is 0 Å². The van der Waals surface area contributed by atoms with Gasteiger partial charge in [0.2, 0.25) is 0 Å². The first-order chi connectivity index (χ1) is 10.2. The summed E-state index contributed by atoms with van der Waals surface area (Å²) in [4.78, 5) is 0. The second kappa shape index (κ2) is 7.90. The summed E-state index contributed by atoms with van der Waals surface area (Å²) < 4.78 is 11.6.